The van der Waals surface area contributed by atoms with Crippen LogP contribution < -0.4 is 8.43 Å². The number of urea groups is 1. The van der Waals surface area contributed by atoms with Crippen LogP contribution in [0.4, 0.5) is 10.5 Å². The van der Waals surface area contributed by atoms with Crippen LogP contribution in [0.3, 0.4) is 0 Å². The van der Waals surface area contributed by atoms with Crippen molar-refractivity contribution < 1.29 is 9.90 Å². The molecule has 0 unspecified atom stereocenters. The molecule has 2 amide bonds. The third-order valence-corrected chi connectivity index (χ3v) is 2.75. The molecule has 4 nitrogen and oxygen atoms in total. The largest absolute Gasteiger partial charge is 0.508 e. The predicted octanol–water partition coefficient (Wildman–Crippen LogP) is 1.81. The van der Waals surface area contributed by atoms with E-state index in [-0.39, 0.29) is 11.8 Å². The van der Waals surface area contributed by atoms with Gasteiger partial charge in [0.1, 0.15) is 5.75 Å². The van der Waals surface area contributed by atoms with E-state index < -0.39 is 0 Å². The first kappa shape index (κ1) is 9.57. The number of benzene rings is 1. The van der Waals surface area contributed by atoms with E-state index in [9.17, 15) is 9.90 Å². The molecule has 0 aliphatic carbocycles. The highest BCUT2D eigenvalue weighted by Gasteiger charge is 2.23. The number of phenols is 1. The van der Waals surface area contributed by atoms with Crippen molar-refractivity contribution in [3.63, 3.8) is 0 Å². The van der Waals surface area contributed by atoms with Gasteiger partial charge in [-0.25, -0.2) is 4.79 Å². The summed E-state index contributed by atoms with van der Waals surface area (Å²) in [6.45, 7) is 0.674. The van der Waals surface area contributed by atoms with Gasteiger partial charge in [-0.15, -0.1) is 0 Å². The molecule has 0 atom stereocenters. The molecule has 0 saturated carbocycles. The van der Waals surface area contributed by atoms with E-state index in [1.165, 1.54) is 0 Å². The Morgan fingerprint density at radius 1 is 1.57 bits per heavy atom. The van der Waals surface area contributed by atoms with Crippen LogP contribution in [-0.2, 0) is 6.42 Å². The van der Waals surface area contributed by atoms with E-state index in [1.807, 2.05) is 22.9 Å². The summed E-state index contributed by atoms with van der Waals surface area (Å²) in [5.74, 6) is 0.250. The van der Waals surface area contributed by atoms with Gasteiger partial charge in [-0.05, 0) is 30.2 Å². The summed E-state index contributed by atoms with van der Waals surface area (Å²) >= 11 is 1.82. The average Bonchev–Trinajstić information content (AvgIpc) is 2.59. The van der Waals surface area contributed by atoms with Gasteiger partial charge in [0.05, 0.1) is 22.9 Å². The Kier molecular flexibility index (Phi) is 2.49. The molecular formula is C9H9IN2O2. The summed E-state index contributed by atoms with van der Waals surface area (Å²) in [5.41, 5.74) is 1.90. The highest BCUT2D eigenvalue weighted by atomic mass is 127. The minimum atomic E-state index is -0.116. The van der Waals surface area contributed by atoms with E-state index in [0.717, 1.165) is 17.7 Å². The zero-order chi connectivity index (χ0) is 10.1. The van der Waals surface area contributed by atoms with Crippen molar-refractivity contribution in [2.45, 2.75) is 6.42 Å². The van der Waals surface area contributed by atoms with Crippen LogP contribution in [0.15, 0.2) is 18.2 Å². The van der Waals surface area contributed by atoms with Crippen LogP contribution in [0.2, 0.25) is 0 Å². The number of hydrogen-bond donors (Lipinski definition) is 2. The summed E-state index contributed by atoms with van der Waals surface area (Å²) in [4.78, 5) is 13.1. The maximum atomic E-state index is 11.4. The molecule has 0 spiro atoms. The van der Waals surface area contributed by atoms with Gasteiger partial charge in [0.25, 0.3) is 0 Å². The van der Waals surface area contributed by atoms with Gasteiger partial charge in [-0.1, -0.05) is 0 Å². The maximum absolute atomic E-state index is 11.4. The van der Waals surface area contributed by atoms with Crippen molar-refractivity contribution in [2.75, 3.05) is 11.4 Å². The second-order valence-corrected chi connectivity index (χ2v) is 3.65. The number of nitrogens with zero attached hydrogens (tertiary/aromatic N) is 1. The summed E-state index contributed by atoms with van der Waals surface area (Å²) < 4.78 is 2.56. The first-order valence-electron chi connectivity index (χ1n) is 4.22. The third-order valence-electron chi connectivity index (χ3n) is 2.28. The number of rotatable bonds is 0. The van der Waals surface area contributed by atoms with Gasteiger partial charge >= 0.3 is 6.03 Å². The number of nitrogens with one attached hydrogen (secondary N) is 1. The number of anilines is 1. The van der Waals surface area contributed by atoms with Gasteiger partial charge in [0.15, 0.2) is 0 Å². The summed E-state index contributed by atoms with van der Waals surface area (Å²) in [7, 11) is 0. The molecule has 1 aromatic rings. The topological polar surface area (TPSA) is 52.6 Å². The number of hydrogen-bond acceptors (Lipinski definition) is 2. The van der Waals surface area contributed by atoms with E-state index in [4.69, 9.17) is 0 Å². The number of fused-ring (bicyclic) bond motifs is 1. The van der Waals surface area contributed by atoms with E-state index >= 15 is 0 Å². The number of carbonyl (C=O) groups excluding carboxylic acids is 1. The lowest BCUT2D eigenvalue weighted by Crippen LogP contribution is -2.33. The van der Waals surface area contributed by atoms with E-state index in [0.29, 0.717) is 6.54 Å². The number of carbonyl (C=O) groups is 1. The molecule has 14 heavy (non-hydrogen) atoms. The molecule has 0 radical (unpaired) electrons. The van der Waals surface area contributed by atoms with Gasteiger partial charge in [0.2, 0.25) is 0 Å². The van der Waals surface area contributed by atoms with Crippen molar-refractivity contribution in [3.8, 4) is 5.75 Å². The number of phenolic OH excluding ortho intramolecular Hbond substituents is 1. The van der Waals surface area contributed by atoms with Crippen molar-refractivity contribution >= 4 is 34.6 Å². The molecule has 1 aliphatic heterocycles. The highest BCUT2D eigenvalue weighted by Crippen LogP contribution is 2.30. The van der Waals surface area contributed by atoms with Crippen LogP contribution in [0.1, 0.15) is 5.56 Å². The Hall–Kier alpha value is -0.980. The fraction of sp³-hybridized carbons (Fsp3) is 0.222. The summed E-state index contributed by atoms with van der Waals surface area (Å²) in [5, 5.41) is 9.26. The zero-order valence-electron chi connectivity index (χ0n) is 7.33. The monoisotopic (exact) mass is 304 g/mol. The van der Waals surface area contributed by atoms with Crippen LogP contribution in [-0.4, -0.2) is 17.7 Å². The fourth-order valence-electron chi connectivity index (χ4n) is 1.65. The summed E-state index contributed by atoms with van der Waals surface area (Å²) in [6, 6.07) is 4.95. The van der Waals surface area contributed by atoms with Gasteiger partial charge in [0, 0.05) is 12.2 Å². The maximum Gasteiger partial charge on any atom is 0.330 e. The quantitative estimate of drug-likeness (QED) is 0.567. The van der Waals surface area contributed by atoms with E-state index in [1.54, 1.807) is 23.1 Å². The molecule has 5 heteroatoms. The lowest BCUT2D eigenvalue weighted by molar-refractivity contribution is 0.253. The highest BCUT2D eigenvalue weighted by molar-refractivity contribution is 14.1. The van der Waals surface area contributed by atoms with Crippen LogP contribution in [0, 0.1) is 0 Å². The first-order valence-corrected chi connectivity index (χ1v) is 5.30. The van der Waals surface area contributed by atoms with Crippen molar-refractivity contribution in [1.29, 1.82) is 0 Å². The van der Waals surface area contributed by atoms with Crippen molar-refractivity contribution in [1.82, 2.24) is 3.53 Å². The molecule has 0 aromatic heterocycles. The Labute approximate surface area is 95.4 Å². The first-order chi connectivity index (χ1) is 6.72. The third kappa shape index (κ3) is 1.52. The average molecular weight is 304 g/mol. The SMILES string of the molecule is O=C(NI)N1CCc2cc(O)ccc21. The predicted molar refractivity (Wildman–Crippen MR) is 61.7 cm³/mol. The van der Waals surface area contributed by atoms with E-state index in [2.05, 4.69) is 3.53 Å². The van der Waals surface area contributed by atoms with Crippen LogP contribution >= 0.6 is 22.9 Å². The molecule has 1 heterocycles. The Morgan fingerprint density at radius 3 is 3.07 bits per heavy atom. The second-order valence-electron chi connectivity index (χ2n) is 3.11. The Bertz CT molecular complexity index is 381. The summed E-state index contributed by atoms with van der Waals surface area (Å²) in [6.07, 6.45) is 0.799. The minimum Gasteiger partial charge on any atom is -0.508 e. The van der Waals surface area contributed by atoms with Gasteiger partial charge < -0.3 is 5.11 Å². The van der Waals surface area contributed by atoms with Gasteiger partial charge in [-0.2, -0.15) is 0 Å². The second kappa shape index (κ2) is 3.64. The lowest BCUT2D eigenvalue weighted by atomic mass is 10.1. The molecule has 0 saturated heterocycles. The molecule has 2 rings (SSSR count). The lowest BCUT2D eigenvalue weighted by Gasteiger charge is -2.15. The van der Waals surface area contributed by atoms with Crippen LogP contribution in [0.5, 0.6) is 5.75 Å². The number of aromatic hydroxyl groups is 1. The number of amides is 2. The standard InChI is InChI=1S/C9H9IN2O2/c10-11-9(14)12-4-3-6-5-7(13)1-2-8(6)12/h1-2,5,13H,3-4H2,(H,11,14). The normalized spacial score (nSPS) is 13.9. The van der Waals surface area contributed by atoms with Crippen molar-refractivity contribution in [2.24, 2.45) is 0 Å². The Morgan fingerprint density at radius 2 is 2.36 bits per heavy atom. The molecule has 2 N–H and O–H groups in total. The molecule has 1 aliphatic rings. The zero-order valence-corrected chi connectivity index (χ0v) is 9.48. The Balaban J connectivity index is 2.35. The number of halogens is 1. The van der Waals surface area contributed by atoms with Crippen LogP contribution in [0.25, 0.3) is 0 Å². The molecule has 1 aromatic carbocycles. The molecule has 0 fully saturated rings. The molecule has 74 valence electrons. The van der Waals surface area contributed by atoms with Crippen molar-refractivity contribution in [3.05, 3.63) is 23.8 Å². The van der Waals surface area contributed by atoms with Gasteiger partial charge in [-0.3, -0.25) is 8.43 Å². The smallest absolute Gasteiger partial charge is 0.330 e. The molecule has 0 bridgehead atoms. The molecular weight excluding hydrogens is 295 g/mol. The minimum absolute atomic E-state index is 0.116. The fourth-order valence-corrected chi connectivity index (χ4v) is 1.94.